The third kappa shape index (κ3) is 4.45. The molecule has 1 amide bonds. The summed E-state index contributed by atoms with van der Waals surface area (Å²) in [6.45, 7) is 4.58. The summed E-state index contributed by atoms with van der Waals surface area (Å²) in [5.41, 5.74) is 5.80. The Morgan fingerprint density at radius 3 is 2.71 bits per heavy atom. The predicted octanol–water partition coefficient (Wildman–Crippen LogP) is 0.708. The molecule has 0 bridgehead atoms. The molecular formula is C12H19N3O4S2. The summed E-state index contributed by atoms with van der Waals surface area (Å²) in [6, 6.07) is 0. The number of sulfone groups is 1. The number of carbonyl (C=O) groups is 1. The van der Waals surface area contributed by atoms with Gasteiger partial charge in [0.2, 0.25) is 0 Å². The highest BCUT2D eigenvalue weighted by molar-refractivity contribution is 7.91. The Hall–Kier alpha value is -1.58. The van der Waals surface area contributed by atoms with E-state index < -0.39 is 15.7 Å². The molecule has 118 valence electrons. The first kappa shape index (κ1) is 17.5. The van der Waals surface area contributed by atoms with Crippen molar-refractivity contribution in [2.75, 3.05) is 44.1 Å². The summed E-state index contributed by atoms with van der Waals surface area (Å²) in [5.74, 6) is -0.429. The zero-order valence-corrected chi connectivity index (χ0v) is 13.6. The lowest BCUT2D eigenvalue weighted by atomic mass is 10.3. The van der Waals surface area contributed by atoms with Gasteiger partial charge in [-0.3, -0.25) is 4.79 Å². The molecule has 0 radical (unpaired) electrons. The van der Waals surface area contributed by atoms with Crippen LogP contribution < -0.4 is 16.4 Å². The number of amides is 1. The summed E-state index contributed by atoms with van der Waals surface area (Å²) in [7, 11) is -2.01. The number of hydrogen-bond donors (Lipinski definition) is 3. The summed E-state index contributed by atoms with van der Waals surface area (Å²) in [4.78, 5) is 12.1. The molecule has 4 N–H and O–H groups in total. The Labute approximate surface area is 128 Å². The van der Waals surface area contributed by atoms with Gasteiger partial charge in [-0.2, -0.15) is 0 Å². The smallest absolute Gasteiger partial charge is 0.263 e. The number of thiophene rings is 1. The minimum absolute atomic E-state index is 0.0380. The molecule has 0 atom stereocenters. The number of nitrogens with one attached hydrogen (secondary N) is 2. The van der Waals surface area contributed by atoms with Crippen molar-refractivity contribution in [3.05, 3.63) is 17.5 Å². The highest BCUT2D eigenvalue weighted by Crippen LogP contribution is 2.39. The van der Waals surface area contributed by atoms with Gasteiger partial charge in [0.15, 0.2) is 9.84 Å². The number of nitrogen functional groups attached to an aromatic ring is 1. The molecule has 0 saturated heterocycles. The van der Waals surface area contributed by atoms with E-state index in [4.69, 9.17) is 10.5 Å². The SMILES string of the molecule is C=CCNC(=O)c1sc(NCCOC)c(S(C)(=O)=O)c1N. The number of rotatable bonds is 8. The van der Waals surface area contributed by atoms with Gasteiger partial charge in [0.05, 0.1) is 12.3 Å². The van der Waals surface area contributed by atoms with Crippen LogP contribution >= 0.6 is 11.3 Å². The molecule has 0 saturated carbocycles. The molecule has 1 aromatic rings. The van der Waals surface area contributed by atoms with Crippen LogP contribution in [0.15, 0.2) is 17.6 Å². The van der Waals surface area contributed by atoms with Gasteiger partial charge in [-0.25, -0.2) is 8.42 Å². The first-order valence-corrected chi connectivity index (χ1v) is 8.78. The summed E-state index contributed by atoms with van der Waals surface area (Å²) in [6.07, 6.45) is 2.58. The van der Waals surface area contributed by atoms with E-state index in [0.29, 0.717) is 18.2 Å². The molecule has 21 heavy (non-hydrogen) atoms. The number of ether oxygens (including phenoxy) is 1. The Morgan fingerprint density at radius 2 is 2.19 bits per heavy atom. The van der Waals surface area contributed by atoms with Gasteiger partial charge in [0.1, 0.15) is 14.8 Å². The third-order valence-electron chi connectivity index (χ3n) is 2.48. The van der Waals surface area contributed by atoms with Gasteiger partial charge in [0.25, 0.3) is 5.91 Å². The third-order valence-corrected chi connectivity index (χ3v) is 4.93. The zero-order valence-electron chi connectivity index (χ0n) is 11.9. The number of methoxy groups -OCH3 is 1. The number of nitrogens with two attached hydrogens (primary N) is 1. The normalized spacial score (nSPS) is 11.1. The minimum atomic E-state index is -3.55. The van der Waals surface area contributed by atoms with Gasteiger partial charge in [-0.05, 0) is 0 Å². The second-order valence-corrected chi connectivity index (χ2v) is 7.17. The van der Waals surface area contributed by atoms with E-state index in [1.54, 1.807) is 0 Å². The molecule has 0 aliphatic heterocycles. The second kappa shape index (κ2) is 7.43. The highest BCUT2D eigenvalue weighted by atomic mass is 32.2. The average Bonchev–Trinajstić information content (AvgIpc) is 2.73. The van der Waals surface area contributed by atoms with Crippen LogP contribution in [0, 0.1) is 0 Å². The van der Waals surface area contributed by atoms with Crippen molar-refractivity contribution in [2.45, 2.75) is 4.90 Å². The van der Waals surface area contributed by atoms with Crippen LogP contribution in [0.3, 0.4) is 0 Å². The first-order valence-electron chi connectivity index (χ1n) is 6.07. The van der Waals surface area contributed by atoms with Crippen LogP contribution in [0.4, 0.5) is 10.7 Å². The van der Waals surface area contributed by atoms with E-state index in [-0.39, 0.29) is 22.0 Å². The van der Waals surface area contributed by atoms with Crippen molar-refractivity contribution in [3.63, 3.8) is 0 Å². The number of anilines is 2. The van der Waals surface area contributed by atoms with Gasteiger partial charge >= 0.3 is 0 Å². The van der Waals surface area contributed by atoms with Crippen molar-refractivity contribution in [1.82, 2.24) is 5.32 Å². The van der Waals surface area contributed by atoms with E-state index in [1.807, 2.05) is 0 Å². The van der Waals surface area contributed by atoms with Gasteiger partial charge in [0, 0.05) is 26.5 Å². The lowest BCUT2D eigenvalue weighted by molar-refractivity contribution is 0.0962. The van der Waals surface area contributed by atoms with Crippen molar-refractivity contribution in [2.24, 2.45) is 0 Å². The Balaban J connectivity index is 3.17. The quantitative estimate of drug-likeness (QED) is 0.477. The Morgan fingerprint density at radius 1 is 1.52 bits per heavy atom. The van der Waals surface area contributed by atoms with Crippen LogP contribution in [0.25, 0.3) is 0 Å². The molecule has 7 nitrogen and oxygen atoms in total. The zero-order chi connectivity index (χ0) is 16.0. The predicted molar refractivity (Wildman–Crippen MR) is 84.7 cm³/mol. The van der Waals surface area contributed by atoms with Crippen LogP contribution in [0.2, 0.25) is 0 Å². The van der Waals surface area contributed by atoms with E-state index in [9.17, 15) is 13.2 Å². The molecule has 1 aromatic heterocycles. The fourth-order valence-electron chi connectivity index (χ4n) is 1.59. The van der Waals surface area contributed by atoms with E-state index in [1.165, 1.54) is 13.2 Å². The molecular weight excluding hydrogens is 314 g/mol. The maximum absolute atomic E-state index is 12.0. The molecule has 0 spiro atoms. The molecule has 0 aromatic carbocycles. The van der Waals surface area contributed by atoms with Crippen LogP contribution in [-0.2, 0) is 14.6 Å². The molecule has 0 aliphatic carbocycles. The summed E-state index contributed by atoms with van der Waals surface area (Å²) in [5, 5.41) is 5.85. The molecule has 1 heterocycles. The lowest BCUT2D eigenvalue weighted by Crippen LogP contribution is -2.23. The number of hydrogen-bond acceptors (Lipinski definition) is 7. The van der Waals surface area contributed by atoms with E-state index in [0.717, 1.165) is 17.6 Å². The Bertz CT molecular complexity index is 623. The molecule has 1 rings (SSSR count). The fourth-order valence-corrected chi connectivity index (χ4v) is 4.11. The van der Waals surface area contributed by atoms with E-state index in [2.05, 4.69) is 17.2 Å². The minimum Gasteiger partial charge on any atom is -0.396 e. The number of carbonyl (C=O) groups excluding carboxylic acids is 1. The second-order valence-electron chi connectivity index (χ2n) is 4.19. The van der Waals surface area contributed by atoms with Gasteiger partial charge in [-0.1, -0.05) is 6.08 Å². The lowest BCUT2D eigenvalue weighted by Gasteiger charge is -2.05. The Kier molecular flexibility index (Phi) is 6.19. The van der Waals surface area contributed by atoms with Crippen molar-refractivity contribution in [1.29, 1.82) is 0 Å². The van der Waals surface area contributed by atoms with Crippen LogP contribution in [-0.4, -0.2) is 47.4 Å². The topological polar surface area (TPSA) is 111 Å². The van der Waals surface area contributed by atoms with Crippen LogP contribution in [0.1, 0.15) is 9.67 Å². The standard InChI is InChI=1S/C12H19N3O4S2/c1-4-5-14-11(16)9-8(13)10(21(3,17)18)12(20-9)15-6-7-19-2/h4,15H,1,5-7,13H2,2-3H3,(H,14,16). The highest BCUT2D eigenvalue weighted by Gasteiger charge is 2.26. The monoisotopic (exact) mass is 333 g/mol. The molecule has 0 aliphatic rings. The first-order chi connectivity index (χ1) is 9.82. The summed E-state index contributed by atoms with van der Waals surface area (Å²) >= 11 is 1.00. The van der Waals surface area contributed by atoms with Crippen molar-refractivity contribution >= 4 is 37.8 Å². The van der Waals surface area contributed by atoms with Gasteiger partial charge in [-0.15, -0.1) is 17.9 Å². The van der Waals surface area contributed by atoms with Crippen molar-refractivity contribution < 1.29 is 17.9 Å². The average molecular weight is 333 g/mol. The maximum Gasteiger partial charge on any atom is 0.263 e. The van der Waals surface area contributed by atoms with Crippen molar-refractivity contribution in [3.8, 4) is 0 Å². The van der Waals surface area contributed by atoms with Gasteiger partial charge < -0.3 is 21.1 Å². The largest absolute Gasteiger partial charge is 0.396 e. The molecule has 9 heteroatoms. The molecule has 0 unspecified atom stereocenters. The fraction of sp³-hybridized carbons (Fsp3) is 0.417. The molecule has 0 fully saturated rings. The van der Waals surface area contributed by atoms with E-state index >= 15 is 0 Å². The summed E-state index contributed by atoms with van der Waals surface area (Å²) < 4.78 is 28.6. The van der Waals surface area contributed by atoms with Crippen LogP contribution in [0.5, 0.6) is 0 Å². The maximum atomic E-state index is 12.0.